The second-order valence-corrected chi connectivity index (χ2v) is 6.82. The number of hydrogen-bond acceptors (Lipinski definition) is 3. The molecule has 1 amide bonds. The molecular weight excluding hydrogens is 250 g/mol. The molecule has 2 rings (SSSR count). The Morgan fingerprint density at radius 2 is 2.15 bits per heavy atom. The molecule has 0 aromatic heterocycles. The highest BCUT2D eigenvalue weighted by Crippen LogP contribution is 2.27. The quantitative estimate of drug-likeness (QED) is 0.834. The van der Waals surface area contributed by atoms with Gasteiger partial charge in [-0.2, -0.15) is 0 Å². The molecule has 2 N–H and O–H groups in total. The summed E-state index contributed by atoms with van der Waals surface area (Å²) < 4.78 is 0. The maximum absolute atomic E-state index is 12.6. The number of hydrogen-bond donors (Lipinski definition) is 1. The zero-order valence-electron chi connectivity index (χ0n) is 13.2. The van der Waals surface area contributed by atoms with Gasteiger partial charge in [0.25, 0.3) is 0 Å². The zero-order valence-corrected chi connectivity index (χ0v) is 13.2. The molecule has 1 saturated carbocycles. The second-order valence-electron chi connectivity index (χ2n) is 6.82. The third-order valence-electron chi connectivity index (χ3n) is 4.84. The molecule has 1 saturated heterocycles. The van der Waals surface area contributed by atoms with Crippen LogP contribution >= 0.6 is 0 Å². The lowest BCUT2D eigenvalue weighted by Crippen LogP contribution is -2.40. The molecule has 0 aromatic carbocycles. The van der Waals surface area contributed by atoms with Crippen LogP contribution in [0.25, 0.3) is 0 Å². The summed E-state index contributed by atoms with van der Waals surface area (Å²) in [7, 11) is 2.19. The van der Waals surface area contributed by atoms with E-state index in [4.69, 9.17) is 5.73 Å². The highest BCUT2D eigenvalue weighted by Gasteiger charge is 2.33. The predicted octanol–water partition coefficient (Wildman–Crippen LogP) is 1.69. The van der Waals surface area contributed by atoms with E-state index < -0.39 is 0 Å². The summed E-state index contributed by atoms with van der Waals surface area (Å²) in [5.41, 5.74) is 6.01. The van der Waals surface area contributed by atoms with E-state index in [2.05, 4.69) is 23.8 Å². The minimum Gasteiger partial charge on any atom is -0.342 e. The first-order valence-corrected chi connectivity index (χ1v) is 8.33. The van der Waals surface area contributed by atoms with Crippen LogP contribution < -0.4 is 5.73 Å². The SMILES string of the molecule is CCCN(C)CC1CCN(C(=O)C2CCCC(N)C2)C1. The first kappa shape index (κ1) is 15.8. The van der Waals surface area contributed by atoms with E-state index in [-0.39, 0.29) is 12.0 Å². The van der Waals surface area contributed by atoms with Gasteiger partial charge in [0, 0.05) is 31.6 Å². The summed E-state index contributed by atoms with van der Waals surface area (Å²) >= 11 is 0. The molecule has 3 atom stereocenters. The van der Waals surface area contributed by atoms with Gasteiger partial charge in [0.1, 0.15) is 0 Å². The summed E-state index contributed by atoms with van der Waals surface area (Å²) in [5.74, 6) is 1.24. The van der Waals surface area contributed by atoms with E-state index in [0.29, 0.717) is 11.8 Å². The number of amides is 1. The molecule has 4 heteroatoms. The Bertz CT molecular complexity index is 321. The van der Waals surface area contributed by atoms with Gasteiger partial charge in [-0.25, -0.2) is 0 Å². The zero-order chi connectivity index (χ0) is 14.5. The Morgan fingerprint density at radius 1 is 1.35 bits per heavy atom. The number of nitrogens with two attached hydrogens (primary N) is 1. The largest absolute Gasteiger partial charge is 0.342 e. The summed E-state index contributed by atoms with van der Waals surface area (Å²) in [6, 6.07) is 0.242. The molecule has 0 spiro atoms. The monoisotopic (exact) mass is 281 g/mol. The molecule has 4 nitrogen and oxygen atoms in total. The van der Waals surface area contributed by atoms with Crippen molar-refractivity contribution in [3.05, 3.63) is 0 Å². The van der Waals surface area contributed by atoms with Gasteiger partial charge in [-0.3, -0.25) is 4.79 Å². The molecule has 20 heavy (non-hydrogen) atoms. The van der Waals surface area contributed by atoms with Gasteiger partial charge < -0.3 is 15.5 Å². The van der Waals surface area contributed by atoms with Crippen molar-refractivity contribution in [2.45, 2.75) is 51.5 Å². The van der Waals surface area contributed by atoms with E-state index in [0.717, 1.165) is 51.9 Å². The Hall–Kier alpha value is -0.610. The molecule has 2 aliphatic rings. The minimum atomic E-state index is 0.200. The van der Waals surface area contributed by atoms with Crippen LogP contribution in [0.1, 0.15) is 45.4 Å². The number of carbonyl (C=O) groups is 1. The number of nitrogens with zero attached hydrogens (tertiary/aromatic N) is 2. The van der Waals surface area contributed by atoms with Crippen molar-refractivity contribution < 1.29 is 4.79 Å². The van der Waals surface area contributed by atoms with Gasteiger partial charge in [-0.1, -0.05) is 13.3 Å². The first-order chi connectivity index (χ1) is 9.60. The highest BCUT2D eigenvalue weighted by atomic mass is 16.2. The van der Waals surface area contributed by atoms with Crippen LogP contribution in [0.5, 0.6) is 0 Å². The summed E-state index contributed by atoms with van der Waals surface area (Å²) in [6.07, 6.45) is 6.52. The maximum Gasteiger partial charge on any atom is 0.225 e. The predicted molar refractivity (Wildman–Crippen MR) is 82.4 cm³/mol. The number of rotatable bonds is 5. The fraction of sp³-hybridized carbons (Fsp3) is 0.938. The lowest BCUT2D eigenvalue weighted by Gasteiger charge is -2.29. The van der Waals surface area contributed by atoms with Crippen molar-refractivity contribution in [2.75, 3.05) is 33.2 Å². The van der Waals surface area contributed by atoms with Crippen LogP contribution in [0.3, 0.4) is 0 Å². The van der Waals surface area contributed by atoms with Crippen LogP contribution in [0.15, 0.2) is 0 Å². The average Bonchev–Trinajstić information content (AvgIpc) is 2.86. The van der Waals surface area contributed by atoms with Crippen LogP contribution in [-0.4, -0.2) is 55.0 Å². The smallest absolute Gasteiger partial charge is 0.225 e. The molecular formula is C16H31N3O. The normalized spacial score (nSPS) is 31.0. The number of carbonyl (C=O) groups excluding carboxylic acids is 1. The van der Waals surface area contributed by atoms with Crippen molar-refractivity contribution in [1.29, 1.82) is 0 Å². The fourth-order valence-corrected chi connectivity index (χ4v) is 3.81. The Balaban J connectivity index is 1.78. The van der Waals surface area contributed by atoms with Gasteiger partial charge in [-0.15, -0.1) is 0 Å². The number of likely N-dealkylation sites (tertiary alicyclic amines) is 1. The maximum atomic E-state index is 12.6. The third kappa shape index (κ3) is 4.19. The summed E-state index contributed by atoms with van der Waals surface area (Å²) in [4.78, 5) is 17.1. The van der Waals surface area contributed by atoms with Crippen LogP contribution in [0.2, 0.25) is 0 Å². The topological polar surface area (TPSA) is 49.6 Å². The van der Waals surface area contributed by atoms with Gasteiger partial charge >= 0.3 is 0 Å². The molecule has 0 bridgehead atoms. The van der Waals surface area contributed by atoms with Crippen molar-refractivity contribution in [2.24, 2.45) is 17.6 Å². The Kier molecular flexibility index (Phi) is 5.85. The van der Waals surface area contributed by atoms with Gasteiger partial charge in [0.05, 0.1) is 0 Å². The van der Waals surface area contributed by atoms with Crippen molar-refractivity contribution in [3.63, 3.8) is 0 Å². The molecule has 116 valence electrons. The minimum absolute atomic E-state index is 0.200. The lowest BCUT2D eigenvalue weighted by molar-refractivity contribution is -0.135. The summed E-state index contributed by atoms with van der Waals surface area (Å²) in [6.45, 7) is 6.41. The molecule has 0 radical (unpaired) electrons. The van der Waals surface area contributed by atoms with Crippen LogP contribution in [0, 0.1) is 11.8 Å². The average molecular weight is 281 g/mol. The fourth-order valence-electron chi connectivity index (χ4n) is 3.81. The van der Waals surface area contributed by atoms with Crippen molar-refractivity contribution in [3.8, 4) is 0 Å². The molecule has 2 fully saturated rings. The van der Waals surface area contributed by atoms with E-state index in [1.807, 2.05) is 0 Å². The van der Waals surface area contributed by atoms with E-state index in [9.17, 15) is 4.79 Å². The molecule has 1 aliphatic heterocycles. The second kappa shape index (κ2) is 7.41. The van der Waals surface area contributed by atoms with E-state index in [1.54, 1.807) is 0 Å². The highest BCUT2D eigenvalue weighted by molar-refractivity contribution is 5.79. The van der Waals surface area contributed by atoms with Crippen LogP contribution in [0.4, 0.5) is 0 Å². The Labute approximate surface area is 123 Å². The van der Waals surface area contributed by atoms with E-state index in [1.165, 1.54) is 12.8 Å². The van der Waals surface area contributed by atoms with Crippen molar-refractivity contribution in [1.82, 2.24) is 9.80 Å². The Morgan fingerprint density at radius 3 is 2.85 bits per heavy atom. The molecule has 3 unspecified atom stereocenters. The van der Waals surface area contributed by atoms with Gasteiger partial charge in [0.2, 0.25) is 5.91 Å². The standard InChI is InChI=1S/C16H31N3O/c1-3-8-18(2)11-13-7-9-19(12-13)16(20)14-5-4-6-15(17)10-14/h13-15H,3-12,17H2,1-2H3. The van der Waals surface area contributed by atoms with E-state index >= 15 is 0 Å². The van der Waals surface area contributed by atoms with Crippen LogP contribution in [-0.2, 0) is 4.79 Å². The molecule has 0 aromatic rings. The van der Waals surface area contributed by atoms with Gasteiger partial charge in [-0.05, 0) is 51.6 Å². The van der Waals surface area contributed by atoms with Gasteiger partial charge in [0.15, 0.2) is 0 Å². The first-order valence-electron chi connectivity index (χ1n) is 8.33. The summed E-state index contributed by atoms with van der Waals surface area (Å²) in [5, 5.41) is 0. The third-order valence-corrected chi connectivity index (χ3v) is 4.84. The lowest BCUT2D eigenvalue weighted by atomic mass is 9.85. The molecule has 1 heterocycles. The van der Waals surface area contributed by atoms with Crippen molar-refractivity contribution >= 4 is 5.91 Å². The molecule has 1 aliphatic carbocycles.